The van der Waals surface area contributed by atoms with E-state index < -0.39 is 10.0 Å². The maximum absolute atomic E-state index is 13.0. The van der Waals surface area contributed by atoms with E-state index in [2.05, 4.69) is 10.6 Å². The van der Waals surface area contributed by atoms with Gasteiger partial charge in [0, 0.05) is 18.8 Å². The second kappa shape index (κ2) is 10.6. The van der Waals surface area contributed by atoms with Crippen LogP contribution in [0.15, 0.2) is 59.5 Å². The lowest BCUT2D eigenvalue weighted by Crippen LogP contribution is -2.36. The number of amides is 1. The Morgan fingerprint density at radius 1 is 0.967 bits per heavy atom. The Morgan fingerprint density at radius 3 is 2.33 bits per heavy atom. The maximum atomic E-state index is 13.0. The van der Waals surface area contributed by atoms with Crippen molar-refractivity contribution in [2.24, 2.45) is 0 Å². The van der Waals surface area contributed by atoms with Crippen LogP contribution in [0.2, 0.25) is 0 Å². The van der Waals surface area contributed by atoms with Crippen LogP contribution in [0.4, 0.5) is 11.4 Å². The highest BCUT2D eigenvalue weighted by atomic mass is 32.2. The SMILES string of the molecule is CN(c1ccccc1)S(=O)(=O)c1cccc(NC(=O)CNC2CCCCCCC2)c1. The first-order valence-electron chi connectivity index (χ1n) is 10.6. The number of rotatable bonds is 7. The van der Waals surface area contributed by atoms with Crippen molar-refractivity contribution < 1.29 is 13.2 Å². The molecule has 0 aliphatic heterocycles. The van der Waals surface area contributed by atoms with Crippen LogP contribution in [0, 0.1) is 0 Å². The Hall–Kier alpha value is -2.38. The van der Waals surface area contributed by atoms with Crippen LogP contribution >= 0.6 is 0 Å². The molecule has 0 saturated heterocycles. The van der Waals surface area contributed by atoms with Crippen LogP contribution in [0.1, 0.15) is 44.9 Å². The number of anilines is 2. The van der Waals surface area contributed by atoms with Gasteiger partial charge in [-0.2, -0.15) is 0 Å². The van der Waals surface area contributed by atoms with Crippen molar-refractivity contribution in [1.29, 1.82) is 0 Å². The normalized spacial score (nSPS) is 15.8. The van der Waals surface area contributed by atoms with Crippen molar-refractivity contribution in [3.05, 3.63) is 54.6 Å². The van der Waals surface area contributed by atoms with E-state index in [1.807, 2.05) is 6.07 Å². The first-order valence-corrected chi connectivity index (χ1v) is 12.1. The number of para-hydroxylation sites is 1. The zero-order chi connectivity index (χ0) is 21.4. The molecule has 1 amide bonds. The number of carbonyl (C=O) groups excluding carboxylic acids is 1. The number of hydrogen-bond acceptors (Lipinski definition) is 4. The molecule has 30 heavy (non-hydrogen) atoms. The number of carbonyl (C=O) groups is 1. The van der Waals surface area contributed by atoms with Gasteiger partial charge < -0.3 is 10.6 Å². The summed E-state index contributed by atoms with van der Waals surface area (Å²) in [5.74, 6) is -0.164. The third-order valence-electron chi connectivity index (χ3n) is 5.55. The van der Waals surface area contributed by atoms with E-state index in [0.717, 1.165) is 12.8 Å². The molecule has 3 rings (SSSR count). The number of benzene rings is 2. The van der Waals surface area contributed by atoms with Crippen molar-refractivity contribution in [2.45, 2.75) is 55.9 Å². The second-order valence-corrected chi connectivity index (χ2v) is 9.78. The van der Waals surface area contributed by atoms with E-state index in [1.54, 1.807) is 36.4 Å². The molecule has 0 radical (unpaired) electrons. The topological polar surface area (TPSA) is 78.5 Å². The van der Waals surface area contributed by atoms with Crippen LogP contribution < -0.4 is 14.9 Å². The Morgan fingerprint density at radius 2 is 1.63 bits per heavy atom. The molecule has 2 N–H and O–H groups in total. The summed E-state index contributed by atoms with van der Waals surface area (Å²) in [6, 6.07) is 15.7. The zero-order valence-corrected chi connectivity index (χ0v) is 18.3. The van der Waals surface area contributed by atoms with Gasteiger partial charge in [0.05, 0.1) is 17.1 Å². The molecule has 1 saturated carbocycles. The largest absolute Gasteiger partial charge is 0.325 e. The standard InChI is InChI=1S/C23H31N3O3S/c1-26(21-14-8-5-9-15-21)30(28,29)22-16-10-13-20(17-22)25-23(27)18-24-19-11-6-3-2-4-7-12-19/h5,8-10,13-17,19,24H,2-4,6-7,11-12,18H2,1H3,(H,25,27). The lowest BCUT2D eigenvalue weighted by Gasteiger charge is -2.21. The summed E-state index contributed by atoms with van der Waals surface area (Å²) in [5, 5.41) is 6.17. The minimum absolute atomic E-state index is 0.139. The monoisotopic (exact) mass is 429 g/mol. The highest BCUT2D eigenvalue weighted by Gasteiger charge is 2.21. The van der Waals surface area contributed by atoms with Crippen LogP contribution in [0.3, 0.4) is 0 Å². The molecule has 0 bridgehead atoms. The van der Waals surface area contributed by atoms with Gasteiger partial charge in [-0.15, -0.1) is 0 Å². The van der Waals surface area contributed by atoms with Gasteiger partial charge in [0.1, 0.15) is 0 Å². The van der Waals surface area contributed by atoms with Crippen LogP contribution in [-0.4, -0.2) is 34.0 Å². The fraction of sp³-hybridized carbons (Fsp3) is 0.435. The van der Waals surface area contributed by atoms with Crippen molar-refractivity contribution in [3.63, 3.8) is 0 Å². The predicted octanol–water partition coefficient (Wildman–Crippen LogP) is 4.15. The van der Waals surface area contributed by atoms with E-state index in [4.69, 9.17) is 0 Å². The quantitative estimate of drug-likeness (QED) is 0.693. The van der Waals surface area contributed by atoms with E-state index >= 15 is 0 Å². The molecule has 2 aromatic rings. The van der Waals surface area contributed by atoms with Gasteiger partial charge in [-0.25, -0.2) is 8.42 Å². The summed E-state index contributed by atoms with van der Waals surface area (Å²) in [7, 11) is -2.20. The number of nitrogens with zero attached hydrogens (tertiary/aromatic N) is 1. The minimum atomic E-state index is -3.72. The molecule has 6 nitrogen and oxygen atoms in total. The average molecular weight is 430 g/mol. The molecule has 162 valence electrons. The summed E-state index contributed by atoms with van der Waals surface area (Å²) in [5.41, 5.74) is 1.05. The molecule has 2 aromatic carbocycles. The Bertz CT molecular complexity index is 924. The highest BCUT2D eigenvalue weighted by molar-refractivity contribution is 7.92. The summed E-state index contributed by atoms with van der Waals surface area (Å²) in [6.07, 6.45) is 8.46. The molecule has 0 heterocycles. The lowest BCUT2D eigenvalue weighted by atomic mass is 9.97. The van der Waals surface area contributed by atoms with Gasteiger partial charge in [-0.1, -0.05) is 56.4 Å². The van der Waals surface area contributed by atoms with Gasteiger partial charge in [0.15, 0.2) is 0 Å². The van der Waals surface area contributed by atoms with Crippen LogP contribution in [0.5, 0.6) is 0 Å². The average Bonchev–Trinajstić information content (AvgIpc) is 2.73. The fourth-order valence-electron chi connectivity index (χ4n) is 3.77. The summed E-state index contributed by atoms with van der Waals surface area (Å²) in [4.78, 5) is 12.5. The Kier molecular flexibility index (Phi) is 7.87. The molecule has 0 atom stereocenters. The van der Waals surface area contributed by atoms with Crippen molar-refractivity contribution in [2.75, 3.05) is 23.2 Å². The molecule has 1 fully saturated rings. The van der Waals surface area contributed by atoms with Gasteiger partial charge in [0.2, 0.25) is 5.91 Å². The van der Waals surface area contributed by atoms with Gasteiger partial charge in [-0.05, 0) is 43.2 Å². The summed E-state index contributed by atoms with van der Waals surface area (Å²) >= 11 is 0. The lowest BCUT2D eigenvalue weighted by molar-refractivity contribution is -0.115. The van der Waals surface area contributed by atoms with Crippen LogP contribution in [0.25, 0.3) is 0 Å². The minimum Gasteiger partial charge on any atom is -0.325 e. The van der Waals surface area contributed by atoms with E-state index in [1.165, 1.54) is 55.6 Å². The first-order chi connectivity index (χ1) is 14.5. The van der Waals surface area contributed by atoms with Crippen molar-refractivity contribution in [3.8, 4) is 0 Å². The molecule has 1 aliphatic carbocycles. The van der Waals surface area contributed by atoms with Gasteiger partial charge in [0.25, 0.3) is 10.0 Å². The second-order valence-electron chi connectivity index (χ2n) is 7.81. The first kappa shape index (κ1) is 22.3. The van der Waals surface area contributed by atoms with Gasteiger partial charge in [-0.3, -0.25) is 9.10 Å². The molecule has 0 unspecified atom stereocenters. The predicted molar refractivity (Wildman–Crippen MR) is 121 cm³/mol. The molecule has 0 aromatic heterocycles. The van der Waals surface area contributed by atoms with Gasteiger partial charge >= 0.3 is 0 Å². The fourth-order valence-corrected chi connectivity index (χ4v) is 5.01. The third-order valence-corrected chi connectivity index (χ3v) is 7.33. The van der Waals surface area contributed by atoms with Crippen molar-refractivity contribution in [1.82, 2.24) is 5.32 Å². The van der Waals surface area contributed by atoms with E-state index in [9.17, 15) is 13.2 Å². The third kappa shape index (κ3) is 6.06. The molecule has 7 heteroatoms. The zero-order valence-electron chi connectivity index (χ0n) is 17.5. The maximum Gasteiger partial charge on any atom is 0.264 e. The molecule has 0 spiro atoms. The highest BCUT2D eigenvalue weighted by Crippen LogP contribution is 2.23. The van der Waals surface area contributed by atoms with Crippen LogP contribution in [-0.2, 0) is 14.8 Å². The molecule has 1 aliphatic rings. The van der Waals surface area contributed by atoms with Crippen molar-refractivity contribution >= 4 is 27.3 Å². The number of hydrogen-bond donors (Lipinski definition) is 2. The Labute approximate surface area is 179 Å². The summed E-state index contributed by atoms with van der Waals surface area (Å²) < 4.78 is 27.2. The van der Waals surface area contributed by atoms with E-state index in [0.29, 0.717) is 17.4 Å². The number of nitrogens with one attached hydrogen (secondary N) is 2. The smallest absolute Gasteiger partial charge is 0.264 e. The summed E-state index contributed by atoms with van der Waals surface area (Å²) in [6.45, 7) is 0.228. The molecular formula is C23H31N3O3S. The Balaban J connectivity index is 1.61. The molecular weight excluding hydrogens is 398 g/mol. The van der Waals surface area contributed by atoms with E-state index in [-0.39, 0.29) is 17.3 Å². The number of sulfonamides is 1.